The highest BCUT2D eigenvalue weighted by molar-refractivity contribution is 8.26. The summed E-state index contributed by atoms with van der Waals surface area (Å²) in [6.45, 7) is 2.80. The molecule has 0 unspecified atom stereocenters. The molecule has 0 bridgehead atoms. The van der Waals surface area contributed by atoms with E-state index in [1.807, 2.05) is 48.7 Å². The molecule has 1 aromatic heterocycles. The topological polar surface area (TPSA) is 75.5 Å². The number of nitrogens with zero attached hydrogens (tertiary/aromatic N) is 4. The van der Waals surface area contributed by atoms with Crippen molar-refractivity contribution in [1.82, 2.24) is 19.0 Å². The Kier molecular flexibility index (Phi) is 9.19. The van der Waals surface area contributed by atoms with Crippen molar-refractivity contribution in [3.8, 4) is 16.9 Å². The van der Waals surface area contributed by atoms with Crippen molar-refractivity contribution in [1.29, 1.82) is 0 Å². The maximum absolute atomic E-state index is 13.3. The van der Waals surface area contributed by atoms with Gasteiger partial charge in [-0.15, -0.1) is 0 Å². The molecule has 2 heterocycles. The zero-order valence-corrected chi connectivity index (χ0v) is 24.3. The lowest BCUT2D eigenvalue weighted by molar-refractivity contribution is -0.122. The van der Waals surface area contributed by atoms with Crippen molar-refractivity contribution in [3.05, 3.63) is 71.3 Å². The van der Waals surface area contributed by atoms with Crippen LogP contribution in [0.5, 0.6) is 0 Å². The van der Waals surface area contributed by atoms with Crippen molar-refractivity contribution < 1.29 is 13.2 Å². The first-order valence-corrected chi connectivity index (χ1v) is 15.3. The molecule has 200 valence electrons. The number of hydrogen-bond acceptors (Lipinski definition) is 6. The lowest BCUT2D eigenvalue weighted by Crippen LogP contribution is -2.29. The van der Waals surface area contributed by atoms with Crippen LogP contribution in [-0.4, -0.2) is 58.3 Å². The van der Waals surface area contributed by atoms with E-state index in [1.165, 1.54) is 43.0 Å². The second kappa shape index (κ2) is 12.4. The Bertz CT molecular complexity index is 1450. The number of thioether (sulfide) groups is 1. The monoisotopic (exact) mass is 568 g/mol. The summed E-state index contributed by atoms with van der Waals surface area (Å²) >= 11 is 6.83. The van der Waals surface area contributed by atoms with Crippen LogP contribution >= 0.6 is 24.0 Å². The molecule has 0 radical (unpaired) electrons. The van der Waals surface area contributed by atoms with E-state index in [-0.39, 0.29) is 10.8 Å². The molecule has 7 nitrogen and oxygen atoms in total. The first-order valence-electron chi connectivity index (χ1n) is 12.7. The standard InChI is InChI=1S/C28H32N4O3S3/c1-4-5-6-7-11-17-31-27(33)25(37-28(31)36)19-22-20-32(23-14-9-8-10-15-23)29-26(22)21-13-12-16-24(18-21)38(34,35)30(2)3/h8-10,12-16,18-20H,4-7,11,17H2,1-3H3/b25-19+. The maximum atomic E-state index is 13.3. The van der Waals surface area contributed by atoms with Crippen LogP contribution in [0.1, 0.15) is 44.6 Å². The quantitative estimate of drug-likeness (QED) is 0.161. The average Bonchev–Trinajstić information content (AvgIpc) is 3.45. The summed E-state index contributed by atoms with van der Waals surface area (Å²) in [6.07, 6.45) is 9.19. The molecule has 1 aliphatic rings. The molecule has 1 aliphatic heterocycles. The molecule has 0 saturated carbocycles. The summed E-state index contributed by atoms with van der Waals surface area (Å²) in [5, 5.41) is 4.80. The van der Waals surface area contributed by atoms with Gasteiger partial charge < -0.3 is 0 Å². The average molecular weight is 569 g/mol. The predicted octanol–water partition coefficient (Wildman–Crippen LogP) is 5.96. The normalized spacial score (nSPS) is 15.3. The van der Waals surface area contributed by atoms with Gasteiger partial charge in [-0.05, 0) is 36.8 Å². The summed E-state index contributed by atoms with van der Waals surface area (Å²) < 4.78 is 29.1. The van der Waals surface area contributed by atoms with Crippen LogP contribution < -0.4 is 0 Å². The minimum Gasteiger partial charge on any atom is -0.293 e. The predicted molar refractivity (Wildman–Crippen MR) is 159 cm³/mol. The van der Waals surface area contributed by atoms with Crippen LogP contribution in [0.2, 0.25) is 0 Å². The fraction of sp³-hybridized carbons (Fsp3) is 0.321. The van der Waals surface area contributed by atoms with E-state index in [9.17, 15) is 13.2 Å². The first-order chi connectivity index (χ1) is 18.2. The van der Waals surface area contributed by atoms with E-state index in [2.05, 4.69) is 6.92 Å². The summed E-state index contributed by atoms with van der Waals surface area (Å²) in [4.78, 5) is 15.7. The summed E-state index contributed by atoms with van der Waals surface area (Å²) in [5.41, 5.74) is 2.77. The van der Waals surface area contributed by atoms with Crippen LogP contribution in [0.3, 0.4) is 0 Å². The molecule has 0 aliphatic carbocycles. The van der Waals surface area contributed by atoms with E-state index in [4.69, 9.17) is 17.3 Å². The Morgan fingerprint density at radius 2 is 1.76 bits per heavy atom. The number of amides is 1. The summed E-state index contributed by atoms with van der Waals surface area (Å²) in [6, 6.07) is 16.4. The number of thiocarbonyl (C=S) groups is 1. The number of carbonyl (C=O) groups excluding carboxylic acids is 1. The van der Waals surface area contributed by atoms with Crippen molar-refractivity contribution in [2.45, 2.75) is 43.9 Å². The highest BCUT2D eigenvalue weighted by Gasteiger charge is 2.32. The third-order valence-corrected chi connectivity index (χ3v) is 9.48. The van der Waals surface area contributed by atoms with Gasteiger partial charge in [0.2, 0.25) is 10.0 Å². The number of sulfonamides is 1. The molecule has 1 amide bonds. The second-order valence-corrected chi connectivity index (χ2v) is 13.1. The van der Waals surface area contributed by atoms with Crippen LogP contribution in [0.25, 0.3) is 23.0 Å². The van der Waals surface area contributed by atoms with Gasteiger partial charge in [0.15, 0.2) is 0 Å². The Morgan fingerprint density at radius 1 is 1.03 bits per heavy atom. The van der Waals surface area contributed by atoms with Gasteiger partial charge >= 0.3 is 0 Å². The molecule has 2 aromatic carbocycles. The number of hydrogen-bond donors (Lipinski definition) is 0. The van der Waals surface area contributed by atoms with Crippen molar-refractivity contribution in [3.63, 3.8) is 0 Å². The summed E-state index contributed by atoms with van der Waals surface area (Å²) in [7, 11) is -0.618. The fourth-order valence-electron chi connectivity index (χ4n) is 4.15. The first kappa shape index (κ1) is 28.2. The number of benzene rings is 2. The van der Waals surface area contributed by atoms with Crippen LogP contribution in [0.15, 0.2) is 70.6 Å². The second-order valence-electron chi connectivity index (χ2n) is 9.28. The SMILES string of the molecule is CCCCCCCN1C(=O)/C(=C\c2cn(-c3ccccc3)nc2-c2cccc(S(=O)(=O)N(C)C)c2)SC1=S. The molecule has 38 heavy (non-hydrogen) atoms. The van der Waals surface area contributed by atoms with E-state index < -0.39 is 10.0 Å². The fourth-order valence-corrected chi connectivity index (χ4v) is 6.40. The zero-order chi connectivity index (χ0) is 27.3. The lowest BCUT2D eigenvalue weighted by atomic mass is 10.1. The lowest BCUT2D eigenvalue weighted by Gasteiger charge is -2.13. The molecule has 1 saturated heterocycles. The Balaban J connectivity index is 1.70. The Morgan fingerprint density at radius 3 is 2.47 bits per heavy atom. The van der Waals surface area contributed by atoms with Crippen molar-refractivity contribution in [2.75, 3.05) is 20.6 Å². The minimum absolute atomic E-state index is 0.0992. The van der Waals surface area contributed by atoms with Crippen molar-refractivity contribution in [2.24, 2.45) is 0 Å². The molecule has 1 fully saturated rings. The van der Waals surface area contributed by atoms with Gasteiger partial charge in [0.05, 0.1) is 15.5 Å². The third-order valence-electron chi connectivity index (χ3n) is 6.29. The van der Waals surface area contributed by atoms with Crippen LogP contribution in [0.4, 0.5) is 0 Å². The van der Waals surface area contributed by atoms with Gasteiger partial charge in [0.25, 0.3) is 5.91 Å². The Hall–Kier alpha value is -2.79. The van der Waals surface area contributed by atoms with Gasteiger partial charge in [0.1, 0.15) is 10.0 Å². The minimum atomic E-state index is -3.62. The smallest absolute Gasteiger partial charge is 0.266 e. The van der Waals surface area contributed by atoms with Gasteiger partial charge in [0, 0.05) is 38.0 Å². The molecular formula is C28H32N4O3S3. The molecule has 10 heteroatoms. The molecule has 0 spiro atoms. The highest BCUT2D eigenvalue weighted by atomic mass is 32.2. The highest BCUT2D eigenvalue weighted by Crippen LogP contribution is 2.35. The van der Waals surface area contributed by atoms with Crippen molar-refractivity contribution >= 4 is 50.3 Å². The molecule has 3 aromatic rings. The van der Waals surface area contributed by atoms with Crippen LogP contribution in [0, 0.1) is 0 Å². The molecule has 4 rings (SSSR count). The number of carbonyl (C=O) groups is 1. The molecule has 0 N–H and O–H groups in total. The largest absolute Gasteiger partial charge is 0.293 e. The van der Waals surface area contributed by atoms with E-state index in [0.29, 0.717) is 32.6 Å². The van der Waals surface area contributed by atoms with E-state index in [1.54, 1.807) is 27.8 Å². The number of rotatable bonds is 11. The van der Waals surface area contributed by atoms with Gasteiger partial charge in [-0.25, -0.2) is 17.4 Å². The number of unbranched alkanes of at least 4 members (excludes halogenated alkanes) is 4. The van der Waals surface area contributed by atoms with Gasteiger partial charge in [-0.2, -0.15) is 5.10 Å². The van der Waals surface area contributed by atoms with Gasteiger partial charge in [-0.3, -0.25) is 9.69 Å². The van der Waals surface area contributed by atoms with E-state index >= 15 is 0 Å². The number of para-hydroxylation sites is 1. The van der Waals surface area contributed by atoms with E-state index in [0.717, 1.165) is 24.9 Å². The third kappa shape index (κ3) is 6.26. The zero-order valence-electron chi connectivity index (χ0n) is 21.8. The molecule has 0 atom stereocenters. The van der Waals surface area contributed by atoms with Gasteiger partial charge in [-0.1, -0.05) is 86.9 Å². The summed E-state index contributed by atoms with van der Waals surface area (Å²) in [5.74, 6) is -0.0992. The van der Waals surface area contributed by atoms with Crippen LogP contribution in [-0.2, 0) is 14.8 Å². The number of aromatic nitrogens is 2. The Labute approximate surface area is 234 Å². The maximum Gasteiger partial charge on any atom is 0.266 e. The molecular weight excluding hydrogens is 537 g/mol.